The van der Waals surface area contributed by atoms with Crippen molar-refractivity contribution in [1.82, 2.24) is 4.98 Å². The number of nitrogens with zero attached hydrogens (tertiary/aromatic N) is 1. The number of nitrogens with one attached hydrogen (secondary N) is 1. The molecule has 0 radical (unpaired) electrons. The summed E-state index contributed by atoms with van der Waals surface area (Å²) in [7, 11) is 1.65. The molecular weight excluding hydrogens is 356 g/mol. The average molecular weight is 381 g/mol. The lowest BCUT2D eigenvalue weighted by atomic mass is 10.1. The molecule has 3 rings (SSSR count). The summed E-state index contributed by atoms with van der Waals surface area (Å²) in [6, 6.07) is 15.8. The third kappa shape index (κ3) is 4.42. The van der Waals surface area contributed by atoms with Crippen molar-refractivity contribution >= 4 is 34.3 Å². The number of pyridine rings is 1. The van der Waals surface area contributed by atoms with E-state index in [0.29, 0.717) is 6.42 Å². The van der Waals surface area contributed by atoms with Crippen LogP contribution in [0.15, 0.2) is 53.6 Å². The van der Waals surface area contributed by atoms with Crippen molar-refractivity contribution in [2.45, 2.75) is 37.5 Å². The zero-order valence-electron chi connectivity index (χ0n) is 16.1. The van der Waals surface area contributed by atoms with Crippen molar-refractivity contribution in [3.05, 3.63) is 59.7 Å². The van der Waals surface area contributed by atoms with E-state index in [9.17, 15) is 4.79 Å². The summed E-state index contributed by atoms with van der Waals surface area (Å²) in [4.78, 5) is 17.5. The van der Waals surface area contributed by atoms with Gasteiger partial charge in [0.2, 0.25) is 5.91 Å². The highest BCUT2D eigenvalue weighted by Gasteiger charge is 2.20. The van der Waals surface area contributed by atoms with Crippen LogP contribution in [-0.4, -0.2) is 23.3 Å². The van der Waals surface area contributed by atoms with Gasteiger partial charge in [0.15, 0.2) is 0 Å². The van der Waals surface area contributed by atoms with Gasteiger partial charge in [-0.15, -0.1) is 0 Å². The van der Waals surface area contributed by atoms with Gasteiger partial charge in [-0.25, -0.2) is 4.98 Å². The standard InChI is InChI=1S/C22H24N2O2S/c1-5-19(22(25)23-16-9-6-8-14(2)12-16)27-20-13-15(3)17-10-7-11-18(26-4)21(17)24-20/h6-13,19H,5H2,1-4H3,(H,23,25). The van der Waals surface area contributed by atoms with E-state index in [1.165, 1.54) is 11.8 Å². The van der Waals surface area contributed by atoms with E-state index in [4.69, 9.17) is 9.72 Å². The summed E-state index contributed by atoms with van der Waals surface area (Å²) in [5.41, 5.74) is 3.89. The number of fused-ring (bicyclic) bond motifs is 1. The second kappa shape index (κ2) is 8.44. The van der Waals surface area contributed by atoms with Gasteiger partial charge in [-0.2, -0.15) is 0 Å². The number of ether oxygens (including phenoxy) is 1. The Morgan fingerprint density at radius 3 is 2.67 bits per heavy atom. The molecule has 1 unspecified atom stereocenters. The number of carbonyl (C=O) groups is 1. The predicted octanol–water partition coefficient (Wildman–Crippen LogP) is 5.37. The molecule has 0 aliphatic heterocycles. The van der Waals surface area contributed by atoms with Crippen LogP contribution in [0, 0.1) is 13.8 Å². The average Bonchev–Trinajstić information content (AvgIpc) is 2.65. The fourth-order valence-electron chi connectivity index (χ4n) is 3.00. The summed E-state index contributed by atoms with van der Waals surface area (Å²) < 4.78 is 5.46. The van der Waals surface area contributed by atoms with E-state index >= 15 is 0 Å². The number of hydrogen-bond acceptors (Lipinski definition) is 4. The van der Waals surface area contributed by atoms with Crippen LogP contribution in [-0.2, 0) is 4.79 Å². The molecule has 0 spiro atoms. The summed E-state index contributed by atoms with van der Waals surface area (Å²) in [6.07, 6.45) is 0.715. The molecule has 4 nitrogen and oxygen atoms in total. The molecule has 0 aliphatic carbocycles. The highest BCUT2D eigenvalue weighted by Crippen LogP contribution is 2.32. The smallest absolute Gasteiger partial charge is 0.237 e. The molecule has 0 aliphatic rings. The van der Waals surface area contributed by atoms with Gasteiger partial charge in [0.1, 0.15) is 11.3 Å². The fourth-order valence-corrected chi connectivity index (χ4v) is 4.01. The second-order valence-electron chi connectivity index (χ2n) is 6.51. The Kier molecular flexibility index (Phi) is 6.01. The summed E-state index contributed by atoms with van der Waals surface area (Å²) in [5.74, 6) is 0.739. The van der Waals surface area contributed by atoms with Crippen LogP contribution in [0.5, 0.6) is 5.75 Å². The number of anilines is 1. The van der Waals surface area contributed by atoms with Crippen LogP contribution >= 0.6 is 11.8 Å². The maximum Gasteiger partial charge on any atom is 0.237 e. The first-order valence-corrected chi connectivity index (χ1v) is 9.88. The van der Waals surface area contributed by atoms with Gasteiger partial charge >= 0.3 is 0 Å². The first-order valence-electron chi connectivity index (χ1n) is 9.00. The lowest BCUT2D eigenvalue weighted by Crippen LogP contribution is -2.24. The third-order valence-corrected chi connectivity index (χ3v) is 5.70. The molecule has 1 N–H and O–H groups in total. The van der Waals surface area contributed by atoms with E-state index in [0.717, 1.165) is 38.5 Å². The van der Waals surface area contributed by atoms with Crippen molar-refractivity contribution in [1.29, 1.82) is 0 Å². The number of hydrogen-bond donors (Lipinski definition) is 1. The molecule has 1 amide bonds. The van der Waals surface area contributed by atoms with Gasteiger partial charge < -0.3 is 10.1 Å². The predicted molar refractivity (Wildman–Crippen MR) is 113 cm³/mol. The number of aryl methyl sites for hydroxylation is 2. The van der Waals surface area contributed by atoms with Crippen LogP contribution in [0.2, 0.25) is 0 Å². The normalized spacial score (nSPS) is 12.0. The molecule has 1 heterocycles. The molecule has 27 heavy (non-hydrogen) atoms. The molecule has 140 valence electrons. The van der Waals surface area contributed by atoms with Crippen molar-refractivity contribution in [2.75, 3.05) is 12.4 Å². The fraction of sp³-hybridized carbons (Fsp3) is 0.273. The highest BCUT2D eigenvalue weighted by molar-refractivity contribution is 8.00. The Balaban J connectivity index is 1.84. The number of para-hydroxylation sites is 1. The Hall–Kier alpha value is -2.53. The number of amides is 1. The topological polar surface area (TPSA) is 51.2 Å². The van der Waals surface area contributed by atoms with E-state index in [2.05, 4.69) is 12.2 Å². The van der Waals surface area contributed by atoms with Crippen LogP contribution in [0.1, 0.15) is 24.5 Å². The van der Waals surface area contributed by atoms with Crippen molar-refractivity contribution in [3.63, 3.8) is 0 Å². The number of methoxy groups -OCH3 is 1. The first-order chi connectivity index (χ1) is 13.0. The SMILES string of the molecule is CCC(Sc1cc(C)c2cccc(OC)c2n1)C(=O)Nc1cccc(C)c1. The first kappa shape index (κ1) is 19.2. The Bertz CT molecular complexity index is 972. The number of carbonyl (C=O) groups excluding carboxylic acids is 1. The molecule has 5 heteroatoms. The van der Waals surface area contributed by atoms with Gasteiger partial charge in [0.25, 0.3) is 0 Å². The summed E-state index contributed by atoms with van der Waals surface area (Å²) in [6.45, 7) is 6.08. The molecule has 1 atom stereocenters. The number of aromatic nitrogens is 1. The van der Waals surface area contributed by atoms with Crippen molar-refractivity contribution in [3.8, 4) is 5.75 Å². The minimum Gasteiger partial charge on any atom is -0.494 e. The maximum absolute atomic E-state index is 12.7. The molecule has 1 aromatic heterocycles. The van der Waals surface area contributed by atoms with E-state index in [1.54, 1.807) is 7.11 Å². The molecule has 0 saturated carbocycles. The lowest BCUT2D eigenvalue weighted by molar-refractivity contribution is -0.115. The van der Waals surface area contributed by atoms with Gasteiger partial charge in [-0.05, 0) is 55.7 Å². The largest absolute Gasteiger partial charge is 0.494 e. The minimum absolute atomic E-state index is 0.00678. The van der Waals surface area contributed by atoms with Gasteiger partial charge in [0.05, 0.1) is 17.4 Å². The van der Waals surface area contributed by atoms with Crippen LogP contribution in [0.3, 0.4) is 0 Å². The summed E-state index contributed by atoms with van der Waals surface area (Å²) in [5, 5.41) is 4.69. The van der Waals surface area contributed by atoms with E-state index in [1.807, 2.05) is 62.4 Å². The zero-order chi connectivity index (χ0) is 19.4. The van der Waals surface area contributed by atoms with Gasteiger partial charge in [0, 0.05) is 11.1 Å². The maximum atomic E-state index is 12.7. The van der Waals surface area contributed by atoms with Crippen molar-refractivity contribution in [2.24, 2.45) is 0 Å². The Morgan fingerprint density at radius 2 is 1.96 bits per heavy atom. The monoisotopic (exact) mass is 380 g/mol. The molecule has 2 aromatic carbocycles. The summed E-state index contributed by atoms with van der Waals surface area (Å²) >= 11 is 1.49. The van der Waals surface area contributed by atoms with Gasteiger partial charge in [-0.1, -0.05) is 43.0 Å². The van der Waals surface area contributed by atoms with Crippen LogP contribution in [0.25, 0.3) is 10.9 Å². The molecule has 0 bridgehead atoms. The molecular formula is C22H24N2O2S. The zero-order valence-corrected chi connectivity index (χ0v) is 16.9. The highest BCUT2D eigenvalue weighted by atomic mass is 32.2. The van der Waals surface area contributed by atoms with E-state index < -0.39 is 0 Å². The minimum atomic E-state index is -0.218. The third-order valence-electron chi connectivity index (χ3n) is 4.42. The van der Waals surface area contributed by atoms with Crippen LogP contribution < -0.4 is 10.1 Å². The Labute approximate surface area is 164 Å². The van der Waals surface area contributed by atoms with Gasteiger partial charge in [-0.3, -0.25) is 4.79 Å². The molecule has 3 aromatic rings. The second-order valence-corrected chi connectivity index (χ2v) is 7.73. The number of benzene rings is 2. The number of thioether (sulfide) groups is 1. The number of rotatable bonds is 6. The van der Waals surface area contributed by atoms with Crippen LogP contribution in [0.4, 0.5) is 5.69 Å². The van der Waals surface area contributed by atoms with E-state index in [-0.39, 0.29) is 11.2 Å². The molecule has 0 saturated heterocycles. The lowest BCUT2D eigenvalue weighted by Gasteiger charge is -2.16. The van der Waals surface area contributed by atoms with Crippen molar-refractivity contribution < 1.29 is 9.53 Å². The molecule has 0 fully saturated rings. The Morgan fingerprint density at radius 1 is 1.19 bits per heavy atom. The quantitative estimate of drug-likeness (QED) is 0.584.